The molecule has 3 N–H and O–H groups in total. The fourth-order valence-electron chi connectivity index (χ4n) is 2.34. The normalized spacial score (nSPS) is 10.2. The number of phenolic OH excluding ortho intramolecular Hbond substituents is 1. The maximum absolute atomic E-state index is 12.4. The van der Waals surface area contributed by atoms with Gasteiger partial charge < -0.3 is 20.3 Å². The Hall–Kier alpha value is -3.80. The predicted octanol–water partition coefficient (Wildman–Crippen LogP) is 4.14. The number of benzene rings is 3. The van der Waals surface area contributed by atoms with Crippen molar-refractivity contribution in [2.24, 2.45) is 0 Å². The first kappa shape index (κ1) is 17.0. The van der Waals surface area contributed by atoms with Gasteiger partial charge in [0.1, 0.15) is 17.2 Å². The first-order valence-electron chi connectivity index (χ1n) is 7.73. The van der Waals surface area contributed by atoms with Gasteiger partial charge in [-0.1, -0.05) is 24.3 Å². The Bertz CT molecular complexity index is 953. The molecular weight excluding hydrogens is 334 g/mol. The molecule has 0 fully saturated rings. The molecule has 0 saturated carbocycles. The van der Waals surface area contributed by atoms with Crippen LogP contribution in [0, 0.1) is 0 Å². The summed E-state index contributed by atoms with van der Waals surface area (Å²) < 4.78 is 5.68. The second kappa shape index (κ2) is 7.40. The van der Waals surface area contributed by atoms with Crippen molar-refractivity contribution >= 4 is 17.6 Å². The molecular formula is C20H15NO5. The van der Waals surface area contributed by atoms with Crippen LogP contribution >= 0.6 is 0 Å². The van der Waals surface area contributed by atoms with Gasteiger partial charge in [0.2, 0.25) is 0 Å². The smallest absolute Gasteiger partial charge is 0.337 e. The van der Waals surface area contributed by atoms with Crippen molar-refractivity contribution in [3.63, 3.8) is 0 Å². The monoisotopic (exact) mass is 349 g/mol. The van der Waals surface area contributed by atoms with Crippen molar-refractivity contribution in [1.29, 1.82) is 0 Å². The molecule has 0 bridgehead atoms. The average molecular weight is 349 g/mol. The van der Waals surface area contributed by atoms with E-state index in [1.54, 1.807) is 12.1 Å². The van der Waals surface area contributed by atoms with Crippen LogP contribution in [0.4, 0.5) is 5.69 Å². The highest BCUT2D eigenvalue weighted by molar-refractivity contribution is 6.08. The molecule has 3 aromatic carbocycles. The molecule has 26 heavy (non-hydrogen) atoms. The van der Waals surface area contributed by atoms with Crippen LogP contribution in [0.15, 0.2) is 72.8 Å². The van der Waals surface area contributed by atoms with Gasteiger partial charge in [-0.05, 0) is 42.5 Å². The van der Waals surface area contributed by atoms with E-state index in [-0.39, 0.29) is 22.6 Å². The number of anilines is 1. The largest absolute Gasteiger partial charge is 0.508 e. The van der Waals surface area contributed by atoms with Gasteiger partial charge in [-0.15, -0.1) is 0 Å². The second-order valence-corrected chi connectivity index (χ2v) is 5.43. The topological polar surface area (TPSA) is 95.9 Å². The van der Waals surface area contributed by atoms with Crippen LogP contribution in [0.25, 0.3) is 0 Å². The van der Waals surface area contributed by atoms with Crippen molar-refractivity contribution in [3.05, 3.63) is 83.9 Å². The molecule has 0 atom stereocenters. The lowest BCUT2D eigenvalue weighted by Gasteiger charge is -2.12. The van der Waals surface area contributed by atoms with Crippen molar-refractivity contribution in [2.75, 3.05) is 5.32 Å². The van der Waals surface area contributed by atoms with Gasteiger partial charge in [-0.3, -0.25) is 4.79 Å². The fraction of sp³-hybridized carbons (Fsp3) is 0. The predicted molar refractivity (Wildman–Crippen MR) is 96.0 cm³/mol. The van der Waals surface area contributed by atoms with Crippen molar-refractivity contribution in [3.8, 4) is 17.2 Å². The van der Waals surface area contributed by atoms with Crippen LogP contribution in [0.2, 0.25) is 0 Å². The highest BCUT2D eigenvalue weighted by Crippen LogP contribution is 2.27. The van der Waals surface area contributed by atoms with E-state index in [1.165, 1.54) is 42.5 Å². The molecule has 0 aromatic heterocycles. The highest BCUT2D eigenvalue weighted by atomic mass is 16.5. The summed E-state index contributed by atoms with van der Waals surface area (Å²) >= 11 is 0. The molecule has 3 aromatic rings. The quantitative estimate of drug-likeness (QED) is 0.643. The number of hydrogen-bond acceptors (Lipinski definition) is 4. The Balaban J connectivity index is 1.89. The van der Waals surface area contributed by atoms with Gasteiger partial charge in [0.25, 0.3) is 5.91 Å². The Morgan fingerprint density at radius 2 is 1.62 bits per heavy atom. The second-order valence-electron chi connectivity index (χ2n) is 5.43. The third-order valence-corrected chi connectivity index (χ3v) is 3.56. The third-order valence-electron chi connectivity index (χ3n) is 3.56. The molecule has 0 saturated heterocycles. The maximum Gasteiger partial charge on any atom is 0.337 e. The van der Waals surface area contributed by atoms with Crippen LogP contribution in [-0.2, 0) is 0 Å². The van der Waals surface area contributed by atoms with E-state index in [1.807, 2.05) is 18.2 Å². The van der Waals surface area contributed by atoms with Crippen molar-refractivity contribution in [2.45, 2.75) is 0 Å². The van der Waals surface area contributed by atoms with Gasteiger partial charge in [-0.2, -0.15) is 0 Å². The Morgan fingerprint density at radius 1 is 0.846 bits per heavy atom. The average Bonchev–Trinajstić information content (AvgIpc) is 2.62. The van der Waals surface area contributed by atoms with E-state index in [0.29, 0.717) is 11.5 Å². The van der Waals surface area contributed by atoms with Crippen molar-refractivity contribution < 1.29 is 24.5 Å². The third kappa shape index (κ3) is 3.99. The first-order chi connectivity index (χ1) is 12.5. The zero-order valence-electron chi connectivity index (χ0n) is 13.5. The number of ether oxygens (including phenoxy) is 1. The minimum absolute atomic E-state index is 0.0581. The fourth-order valence-corrected chi connectivity index (χ4v) is 2.34. The number of aromatic hydroxyl groups is 1. The molecule has 0 aliphatic rings. The molecule has 0 spiro atoms. The summed E-state index contributed by atoms with van der Waals surface area (Å²) in [5.41, 5.74) is 0.230. The number of aromatic carboxylic acids is 1. The van der Waals surface area contributed by atoms with Crippen LogP contribution in [0.3, 0.4) is 0 Å². The van der Waals surface area contributed by atoms with Gasteiger partial charge in [0.05, 0.1) is 11.3 Å². The van der Waals surface area contributed by atoms with Crippen LogP contribution in [0.1, 0.15) is 20.7 Å². The van der Waals surface area contributed by atoms with E-state index in [2.05, 4.69) is 5.32 Å². The molecule has 1 amide bonds. The molecule has 0 aliphatic heterocycles. The Labute approximate surface area is 149 Å². The van der Waals surface area contributed by atoms with Gasteiger partial charge >= 0.3 is 5.97 Å². The van der Waals surface area contributed by atoms with Crippen LogP contribution < -0.4 is 10.1 Å². The van der Waals surface area contributed by atoms with Gasteiger partial charge in [0.15, 0.2) is 0 Å². The van der Waals surface area contributed by atoms with Crippen LogP contribution in [-0.4, -0.2) is 22.1 Å². The summed E-state index contributed by atoms with van der Waals surface area (Å²) in [7, 11) is 0. The SMILES string of the molecule is O=C(Nc1cc(Oc2ccccc2)ccc1C(=O)O)c1cccc(O)c1. The number of carbonyl (C=O) groups excluding carboxylic acids is 1. The number of carbonyl (C=O) groups is 2. The number of para-hydroxylation sites is 1. The summed E-state index contributed by atoms with van der Waals surface area (Å²) in [6.07, 6.45) is 0. The Kier molecular flexibility index (Phi) is 4.85. The molecule has 0 aliphatic carbocycles. The maximum atomic E-state index is 12.4. The number of phenols is 1. The molecule has 0 radical (unpaired) electrons. The number of amides is 1. The summed E-state index contributed by atoms with van der Waals surface area (Å²) in [6.45, 7) is 0. The number of nitrogens with one attached hydrogen (secondary N) is 1. The molecule has 130 valence electrons. The van der Waals surface area contributed by atoms with E-state index in [9.17, 15) is 19.8 Å². The minimum Gasteiger partial charge on any atom is -0.508 e. The summed E-state index contributed by atoms with van der Waals surface area (Å²) in [6, 6.07) is 19.1. The number of hydrogen-bond donors (Lipinski definition) is 3. The number of carboxylic acid groups (broad SMARTS) is 1. The van der Waals surface area contributed by atoms with E-state index < -0.39 is 11.9 Å². The zero-order valence-corrected chi connectivity index (χ0v) is 13.5. The minimum atomic E-state index is -1.18. The van der Waals surface area contributed by atoms with Crippen LogP contribution in [0.5, 0.6) is 17.2 Å². The molecule has 0 heterocycles. The zero-order chi connectivity index (χ0) is 18.5. The Morgan fingerprint density at radius 3 is 2.31 bits per heavy atom. The van der Waals surface area contributed by atoms with E-state index in [4.69, 9.17) is 4.74 Å². The number of rotatable bonds is 5. The van der Waals surface area contributed by atoms with Gasteiger partial charge in [-0.25, -0.2) is 4.79 Å². The first-order valence-corrected chi connectivity index (χ1v) is 7.73. The highest BCUT2D eigenvalue weighted by Gasteiger charge is 2.15. The lowest BCUT2D eigenvalue weighted by Crippen LogP contribution is -2.14. The van der Waals surface area contributed by atoms with Crippen molar-refractivity contribution in [1.82, 2.24) is 0 Å². The van der Waals surface area contributed by atoms with Gasteiger partial charge in [0, 0.05) is 11.6 Å². The standard InChI is InChI=1S/C20H15NO5/c22-14-6-4-5-13(11-14)19(23)21-18-12-16(9-10-17(18)20(24)25)26-15-7-2-1-3-8-15/h1-12,22H,(H,21,23)(H,24,25). The summed E-state index contributed by atoms with van der Waals surface area (Å²) in [5, 5.41) is 21.4. The summed E-state index contributed by atoms with van der Waals surface area (Å²) in [4.78, 5) is 23.8. The molecule has 6 nitrogen and oxygen atoms in total. The van der Waals surface area contributed by atoms with E-state index in [0.717, 1.165) is 0 Å². The number of carboxylic acids is 1. The van der Waals surface area contributed by atoms with E-state index >= 15 is 0 Å². The lowest BCUT2D eigenvalue weighted by atomic mass is 10.1. The molecule has 6 heteroatoms. The molecule has 0 unspecified atom stereocenters. The summed E-state index contributed by atoms with van der Waals surface area (Å²) in [5.74, 6) is -0.812. The molecule has 3 rings (SSSR count). The lowest BCUT2D eigenvalue weighted by molar-refractivity contribution is 0.0698.